The van der Waals surface area contributed by atoms with Crippen LogP contribution in [-0.2, 0) is 4.79 Å². The number of benzene rings is 1. The summed E-state index contributed by atoms with van der Waals surface area (Å²) >= 11 is 0. The summed E-state index contributed by atoms with van der Waals surface area (Å²) in [6, 6.07) is 3.39. The molecule has 0 saturated heterocycles. The number of rotatable bonds is 4. The molecule has 0 fully saturated rings. The van der Waals surface area contributed by atoms with Gasteiger partial charge in [0.1, 0.15) is 17.5 Å². The fourth-order valence-corrected chi connectivity index (χ4v) is 1.23. The van der Waals surface area contributed by atoms with E-state index < -0.39 is 18.0 Å². The molecule has 0 radical (unpaired) electrons. The number of amides is 2. The maximum absolute atomic E-state index is 11.6. The summed E-state index contributed by atoms with van der Waals surface area (Å²) in [6.45, 7) is 1.39. The van der Waals surface area contributed by atoms with Crippen molar-refractivity contribution in [2.45, 2.75) is 13.0 Å². The van der Waals surface area contributed by atoms with Crippen molar-refractivity contribution in [1.82, 2.24) is 5.32 Å². The van der Waals surface area contributed by atoms with Crippen molar-refractivity contribution in [2.75, 3.05) is 12.4 Å². The average Bonchev–Trinajstić information content (AvgIpc) is 2.31. The Bertz CT molecular complexity index is 461. The number of phenols is 1. The zero-order valence-electron chi connectivity index (χ0n) is 9.93. The van der Waals surface area contributed by atoms with Crippen LogP contribution in [0.4, 0.5) is 10.5 Å². The van der Waals surface area contributed by atoms with Gasteiger partial charge in [-0.1, -0.05) is 0 Å². The highest BCUT2D eigenvalue weighted by molar-refractivity contribution is 5.97. The van der Waals surface area contributed by atoms with Gasteiger partial charge in [-0.2, -0.15) is 0 Å². The third kappa shape index (κ3) is 3.55. The number of phenolic OH excluding ortho intramolecular Hbond substituents is 1. The van der Waals surface area contributed by atoms with Gasteiger partial charge in [-0.05, 0) is 19.1 Å². The molecule has 0 heterocycles. The molecule has 18 heavy (non-hydrogen) atoms. The molecule has 7 nitrogen and oxygen atoms in total. The van der Waals surface area contributed by atoms with Gasteiger partial charge in [0, 0.05) is 6.07 Å². The number of hydrogen-bond donors (Lipinski definition) is 4. The smallest absolute Gasteiger partial charge is 0.405 e. The van der Waals surface area contributed by atoms with Crippen LogP contribution in [0.1, 0.15) is 6.92 Å². The number of nitrogens with one attached hydrogen (secondary N) is 2. The van der Waals surface area contributed by atoms with Crippen molar-refractivity contribution in [3.63, 3.8) is 0 Å². The molecule has 0 aliphatic rings. The van der Waals surface area contributed by atoms with Crippen LogP contribution in [0.2, 0.25) is 0 Å². The average molecular weight is 254 g/mol. The molecule has 1 atom stereocenters. The van der Waals surface area contributed by atoms with E-state index in [2.05, 4.69) is 5.32 Å². The molecular weight excluding hydrogens is 240 g/mol. The molecule has 0 spiro atoms. The summed E-state index contributed by atoms with van der Waals surface area (Å²) in [7, 11) is 1.45. The van der Waals surface area contributed by atoms with E-state index in [0.29, 0.717) is 5.75 Å². The second kappa shape index (κ2) is 5.76. The van der Waals surface area contributed by atoms with Gasteiger partial charge in [-0.3, -0.25) is 4.79 Å². The van der Waals surface area contributed by atoms with Crippen molar-refractivity contribution in [3.8, 4) is 11.5 Å². The first-order valence-corrected chi connectivity index (χ1v) is 5.11. The number of hydrogen-bond acceptors (Lipinski definition) is 4. The summed E-state index contributed by atoms with van der Waals surface area (Å²) in [5.41, 5.74) is 0.151. The monoisotopic (exact) mass is 254 g/mol. The zero-order valence-corrected chi connectivity index (χ0v) is 9.93. The lowest BCUT2D eigenvalue weighted by Crippen LogP contribution is -2.40. The molecule has 98 valence electrons. The number of aromatic hydroxyl groups is 1. The quantitative estimate of drug-likeness (QED) is 0.599. The van der Waals surface area contributed by atoms with Crippen LogP contribution in [0.5, 0.6) is 11.5 Å². The fraction of sp³-hybridized carbons (Fsp3) is 0.273. The lowest BCUT2D eigenvalue weighted by Gasteiger charge is -2.13. The van der Waals surface area contributed by atoms with E-state index in [1.807, 2.05) is 5.32 Å². The molecular formula is C11H14N2O5. The van der Waals surface area contributed by atoms with E-state index in [0.717, 1.165) is 0 Å². The van der Waals surface area contributed by atoms with Crippen molar-refractivity contribution in [3.05, 3.63) is 18.2 Å². The van der Waals surface area contributed by atoms with Crippen LogP contribution in [0, 0.1) is 0 Å². The number of anilines is 1. The standard InChI is InChI=1S/C11H14N2O5/c1-6(12-11(16)17)10(15)13-8-5-7(18-2)3-4-9(8)14/h3-6,12,14H,1-2H3,(H,13,15)(H,16,17). The molecule has 4 N–H and O–H groups in total. The largest absolute Gasteiger partial charge is 0.506 e. The highest BCUT2D eigenvalue weighted by Crippen LogP contribution is 2.27. The Morgan fingerprint density at radius 2 is 2.06 bits per heavy atom. The molecule has 0 aliphatic heterocycles. The third-order valence-electron chi connectivity index (χ3n) is 2.19. The Morgan fingerprint density at radius 1 is 1.39 bits per heavy atom. The Kier molecular flexibility index (Phi) is 4.36. The highest BCUT2D eigenvalue weighted by atomic mass is 16.5. The summed E-state index contributed by atoms with van der Waals surface area (Å²) in [5, 5.41) is 22.4. The van der Waals surface area contributed by atoms with E-state index in [1.165, 1.54) is 32.2 Å². The van der Waals surface area contributed by atoms with Crippen LogP contribution < -0.4 is 15.4 Å². The first-order valence-electron chi connectivity index (χ1n) is 5.11. The number of methoxy groups -OCH3 is 1. The van der Waals surface area contributed by atoms with E-state index >= 15 is 0 Å². The molecule has 1 aromatic carbocycles. The third-order valence-corrected chi connectivity index (χ3v) is 2.19. The second-order valence-corrected chi connectivity index (χ2v) is 3.54. The molecule has 0 aromatic heterocycles. The van der Waals surface area contributed by atoms with Gasteiger partial charge in [0.15, 0.2) is 0 Å². The van der Waals surface area contributed by atoms with Gasteiger partial charge >= 0.3 is 6.09 Å². The van der Waals surface area contributed by atoms with Crippen molar-refractivity contribution in [2.24, 2.45) is 0 Å². The van der Waals surface area contributed by atoms with E-state index in [-0.39, 0.29) is 11.4 Å². The zero-order chi connectivity index (χ0) is 13.7. The minimum absolute atomic E-state index is 0.133. The Hall–Kier alpha value is -2.44. The van der Waals surface area contributed by atoms with Gasteiger partial charge in [0.25, 0.3) is 0 Å². The Morgan fingerprint density at radius 3 is 2.61 bits per heavy atom. The SMILES string of the molecule is COc1ccc(O)c(NC(=O)C(C)NC(=O)O)c1. The van der Waals surface area contributed by atoms with Gasteiger partial charge in [0.2, 0.25) is 5.91 Å². The van der Waals surface area contributed by atoms with Crippen LogP contribution in [0.15, 0.2) is 18.2 Å². The van der Waals surface area contributed by atoms with Crippen LogP contribution in [-0.4, -0.2) is 35.4 Å². The lowest BCUT2D eigenvalue weighted by atomic mass is 10.2. The van der Waals surface area contributed by atoms with Crippen LogP contribution >= 0.6 is 0 Å². The van der Waals surface area contributed by atoms with Gasteiger partial charge in [-0.25, -0.2) is 4.79 Å². The van der Waals surface area contributed by atoms with Crippen molar-refractivity contribution >= 4 is 17.7 Å². The summed E-state index contributed by atoms with van der Waals surface area (Å²) in [6.07, 6.45) is -1.30. The first-order chi connectivity index (χ1) is 8.43. The molecule has 0 saturated carbocycles. The molecule has 1 aromatic rings. The Labute approximate surface area is 103 Å². The summed E-state index contributed by atoms with van der Waals surface area (Å²) < 4.78 is 4.94. The van der Waals surface area contributed by atoms with Crippen molar-refractivity contribution < 1.29 is 24.5 Å². The maximum Gasteiger partial charge on any atom is 0.405 e. The van der Waals surface area contributed by atoms with Gasteiger partial charge in [-0.15, -0.1) is 0 Å². The predicted molar refractivity (Wildman–Crippen MR) is 63.9 cm³/mol. The van der Waals surface area contributed by atoms with E-state index in [4.69, 9.17) is 9.84 Å². The van der Waals surface area contributed by atoms with Gasteiger partial charge in [0.05, 0.1) is 12.8 Å². The van der Waals surface area contributed by atoms with Crippen LogP contribution in [0.25, 0.3) is 0 Å². The number of carbonyl (C=O) groups is 2. The normalized spacial score (nSPS) is 11.4. The number of ether oxygens (including phenoxy) is 1. The minimum Gasteiger partial charge on any atom is -0.506 e. The second-order valence-electron chi connectivity index (χ2n) is 3.54. The lowest BCUT2D eigenvalue weighted by molar-refractivity contribution is -0.117. The molecule has 1 rings (SSSR count). The van der Waals surface area contributed by atoms with Gasteiger partial charge < -0.3 is 25.6 Å². The molecule has 0 bridgehead atoms. The maximum atomic E-state index is 11.6. The first kappa shape index (κ1) is 13.6. The molecule has 2 amide bonds. The summed E-state index contributed by atoms with van der Waals surface area (Å²) in [5.74, 6) is -0.255. The highest BCUT2D eigenvalue weighted by Gasteiger charge is 2.16. The Balaban J connectivity index is 2.77. The topological polar surface area (TPSA) is 108 Å². The molecule has 0 aliphatic carbocycles. The summed E-state index contributed by atoms with van der Waals surface area (Å²) in [4.78, 5) is 22.0. The molecule has 7 heteroatoms. The van der Waals surface area contributed by atoms with Crippen LogP contribution in [0.3, 0.4) is 0 Å². The number of carbonyl (C=O) groups excluding carboxylic acids is 1. The molecule has 1 unspecified atom stereocenters. The van der Waals surface area contributed by atoms with E-state index in [9.17, 15) is 14.7 Å². The van der Waals surface area contributed by atoms with E-state index in [1.54, 1.807) is 0 Å². The number of carboxylic acid groups (broad SMARTS) is 1. The predicted octanol–water partition coefficient (Wildman–Crippen LogP) is 0.995. The minimum atomic E-state index is -1.30. The van der Waals surface area contributed by atoms with Crippen molar-refractivity contribution in [1.29, 1.82) is 0 Å². The fourth-order valence-electron chi connectivity index (χ4n) is 1.23.